The molecule has 0 N–H and O–H groups in total. The smallest absolute Gasteiger partial charge is 0.248 e. The van der Waals surface area contributed by atoms with Crippen LogP contribution in [0.5, 0.6) is 5.75 Å². The summed E-state index contributed by atoms with van der Waals surface area (Å²) in [5.41, 5.74) is 2.05. The zero-order chi connectivity index (χ0) is 20.4. The van der Waals surface area contributed by atoms with Gasteiger partial charge < -0.3 is 9.15 Å². The van der Waals surface area contributed by atoms with Gasteiger partial charge in [0.25, 0.3) is 0 Å². The Balaban J connectivity index is 1.66. The van der Waals surface area contributed by atoms with E-state index in [-0.39, 0.29) is 5.89 Å². The average Bonchev–Trinajstić information content (AvgIpc) is 3.25. The van der Waals surface area contributed by atoms with E-state index in [1.54, 1.807) is 36.5 Å². The van der Waals surface area contributed by atoms with Crippen LogP contribution < -0.4 is 4.74 Å². The first-order chi connectivity index (χ1) is 14.0. The number of ether oxygens (including phenoxy) is 1. The predicted octanol–water partition coefficient (Wildman–Crippen LogP) is 3.90. The second-order valence-corrected chi connectivity index (χ2v) is 8.99. The van der Waals surface area contributed by atoms with E-state index in [2.05, 4.69) is 10.2 Å². The maximum absolute atomic E-state index is 13.1. The molecule has 3 aromatic rings. The van der Waals surface area contributed by atoms with Crippen LogP contribution in [0, 0.1) is 6.92 Å². The molecule has 0 radical (unpaired) electrons. The van der Waals surface area contributed by atoms with Gasteiger partial charge in [-0.15, -0.1) is 10.2 Å². The van der Waals surface area contributed by atoms with Crippen molar-refractivity contribution in [3.63, 3.8) is 0 Å². The molecule has 0 atom stereocenters. The third-order valence-corrected chi connectivity index (χ3v) is 7.17. The fourth-order valence-corrected chi connectivity index (χ4v) is 5.21. The molecular weight excluding hydrogens is 390 g/mol. The fourth-order valence-electron chi connectivity index (χ4n) is 3.45. The normalized spacial score (nSPS) is 15.4. The summed E-state index contributed by atoms with van der Waals surface area (Å²) in [5, 5.41) is 8.22. The Morgan fingerprint density at radius 2 is 1.55 bits per heavy atom. The molecule has 1 aliphatic heterocycles. The summed E-state index contributed by atoms with van der Waals surface area (Å²) in [6.07, 6.45) is 2.86. The van der Waals surface area contributed by atoms with Gasteiger partial charge in [-0.3, -0.25) is 0 Å². The lowest BCUT2D eigenvalue weighted by molar-refractivity contribution is 0.346. The van der Waals surface area contributed by atoms with Gasteiger partial charge in [-0.1, -0.05) is 12.5 Å². The largest absolute Gasteiger partial charge is 0.497 e. The fraction of sp³-hybridized carbons (Fsp3) is 0.333. The van der Waals surface area contributed by atoms with Crippen molar-refractivity contribution in [3.05, 3.63) is 48.0 Å². The minimum atomic E-state index is -3.55. The summed E-state index contributed by atoms with van der Waals surface area (Å²) >= 11 is 0. The van der Waals surface area contributed by atoms with Gasteiger partial charge in [0, 0.05) is 24.2 Å². The van der Waals surface area contributed by atoms with Gasteiger partial charge in [-0.25, -0.2) is 8.42 Å². The van der Waals surface area contributed by atoms with E-state index in [4.69, 9.17) is 9.15 Å². The van der Waals surface area contributed by atoms with Gasteiger partial charge in [0.1, 0.15) is 5.75 Å². The minimum Gasteiger partial charge on any atom is -0.497 e. The van der Waals surface area contributed by atoms with E-state index in [0.29, 0.717) is 35.0 Å². The molecule has 4 rings (SSSR count). The van der Waals surface area contributed by atoms with Crippen molar-refractivity contribution < 1.29 is 17.6 Å². The zero-order valence-corrected chi connectivity index (χ0v) is 17.3. The molecule has 1 aromatic heterocycles. The summed E-state index contributed by atoms with van der Waals surface area (Å²) in [4.78, 5) is 0.293. The maximum Gasteiger partial charge on any atom is 0.248 e. The highest BCUT2D eigenvalue weighted by Crippen LogP contribution is 2.30. The van der Waals surface area contributed by atoms with Gasteiger partial charge in [0.2, 0.25) is 21.8 Å². The van der Waals surface area contributed by atoms with Crippen molar-refractivity contribution in [1.82, 2.24) is 14.5 Å². The van der Waals surface area contributed by atoms with Crippen LogP contribution in [0.2, 0.25) is 0 Å². The van der Waals surface area contributed by atoms with Gasteiger partial charge in [0.15, 0.2) is 0 Å². The number of rotatable bonds is 5. The van der Waals surface area contributed by atoms with Gasteiger partial charge >= 0.3 is 0 Å². The molecular formula is C21H23N3O4S. The Bertz CT molecular complexity index is 1100. The highest BCUT2D eigenvalue weighted by atomic mass is 32.2. The van der Waals surface area contributed by atoms with Crippen LogP contribution in [0.25, 0.3) is 22.9 Å². The lowest BCUT2D eigenvalue weighted by atomic mass is 10.1. The highest BCUT2D eigenvalue weighted by molar-refractivity contribution is 7.89. The molecule has 0 saturated carbocycles. The molecule has 152 valence electrons. The molecule has 1 aliphatic rings. The van der Waals surface area contributed by atoms with Crippen molar-refractivity contribution in [3.8, 4) is 28.7 Å². The molecule has 0 bridgehead atoms. The van der Waals surface area contributed by atoms with Crippen molar-refractivity contribution in [2.75, 3.05) is 20.2 Å². The van der Waals surface area contributed by atoms with Crippen LogP contribution >= 0.6 is 0 Å². The summed E-state index contributed by atoms with van der Waals surface area (Å²) in [6.45, 7) is 2.93. The van der Waals surface area contributed by atoms with E-state index >= 15 is 0 Å². The van der Waals surface area contributed by atoms with Crippen molar-refractivity contribution in [1.29, 1.82) is 0 Å². The second-order valence-electron chi connectivity index (χ2n) is 7.09. The number of nitrogens with zero attached hydrogens (tertiary/aromatic N) is 3. The van der Waals surface area contributed by atoms with E-state index in [1.807, 2.05) is 24.3 Å². The number of benzene rings is 2. The number of hydrogen-bond donors (Lipinski definition) is 0. The Kier molecular flexibility index (Phi) is 5.38. The van der Waals surface area contributed by atoms with Crippen LogP contribution in [0.4, 0.5) is 0 Å². The van der Waals surface area contributed by atoms with Crippen molar-refractivity contribution in [2.45, 2.75) is 31.1 Å². The monoisotopic (exact) mass is 413 g/mol. The van der Waals surface area contributed by atoms with Gasteiger partial charge in [0.05, 0.1) is 12.0 Å². The first kappa shape index (κ1) is 19.6. The number of aromatic nitrogens is 2. The van der Waals surface area contributed by atoms with E-state index in [1.165, 1.54) is 0 Å². The number of methoxy groups -OCH3 is 1. The summed E-state index contributed by atoms with van der Waals surface area (Å²) in [6, 6.07) is 12.5. The number of hydrogen-bond acceptors (Lipinski definition) is 6. The molecule has 0 spiro atoms. The van der Waals surface area contributed by atoms with Gasteiger partial charge in [-0.05, 0) is 61.7 Å². The lowest BCUT2D eigenvalue weighted by Crippen LogP contribution is -2.35. The summed E-state index contributed by atoms with van der Waals surface area (Å²) in [7, 11) is -1.94. The van der Waals surface area contributed by atoms with Crippen LogP contribution in [-0.2, 0) is 10.0 Å². The van der Waals surface area contributed by atoms with E-state index in [9.17, 15) is 8.42 Å². The van der Waals surface area contributed by atoms with Crippen LogP contribution in [0.3, 0.4) is 0 Å². The Morgan fingerprint density at radius 1 is 0.931 bits per heavy atom. The molecule has 0 amide bonds. The third kappa shape index (κ3) is 3.90. The molecule has 2 aromatic carbocycles. The predicted molar refractivity (Wildman–Crippen MR) is 109 cm³/mol. The molecule has 8 heteroatoms. The second kappa shape index (κ2) is 7.96. The molecule has 1 fully saturated rings. The van der Waals surface area contributed by atoms with Crippen LogP contribution in [-0.4, -0.2) is 43.1 Å². The zero-order valence-electron chi connectivity index (χ0n) is 16.5. The van der Waals surface area contributed by atoms with Crippen LogP contribution in [0.15, 0.2) is 51.8 Å². The van der Waals surface area contributed by atoms with Gasteiger partial charge in [-0.2, -0.15) is 4.31 Å². The van der Waals surface area contributed by atoms with Crippen molar-refractivity contribution in [2.24, 2.45) is 0 Å². The molecule has 0 unspecified atom stereocenters. The summed E-state index contributed by atoms with van der Waals surface area (Å²) < 4.78 is 38.8. The highest BCUT2D eigenvalue weighted by Gasteiger charge is 2.28. The maximum atomic E-state index is 13.1. The molecule has 29 heavy (non-hydrogen) atoms. The summed E-state index contributed by atoms with van der Waals surface area (Å²) in [5.74, 6) is 1.38. The first-order valence-corrected chi connectivity index (χ1v) is 11.0. The van der Waals surface area contributed by atoms with Crippen LogP contribution in [0.1, 0.15) is 24.8 Å². The first-order valence-electron chi connectivity index (χ1n) is 9.58. The number of aryl methyl sites for hydroxylation is 1. The Morgan fingerprint density at radius 3 is 2.21 bits per heavy atom. The number of sulfonamides is 1. The topological polar surface area (TPSA) is 85.5 Å². The quantitative estimate of drug-likeness (QED) is 0.631. The SMILES string of the molecule is COc1ccc(-c2nnc(-c3ccc(C)c(S(=O)(=O)N4CCCCC4)c3)o2)cc1. The standard InChI is InChI=1S/C21H23N3O4S/c1-15-6-7-17(14-19(15)29(25,26)24-12-4-3-5-13-24)21-23-22-20(28-21)16-8-10-18(27-2)11-9-16/h6-11,14H,3-5,12-13H2,1-2H3. The van der Waals surface area contributed by atoms with Crippen molar-refractivity contribution >= 4 is 10.0 Å². The molecule has 7 nitrogen and oxygen atoms in total. The van der Waals surface area contributed by atoms with E-state index < -0.39 is 10.0 Å². The molecule has 1 saturated heterocycles. The Hall–Kier alpha value is -2.71. The molecule has 0 aliphatic carbocycles. The minimum absolute atomic E-state index is 0.283. The lowest BCUT2D eigenvalue weighted by Gasteiger charge is -2.26. The van der Waals surface area contributed by atoms with E-state index in [0.717, 1.165) is 30.6 Å². The number of piperidine rings is 1. The molecule has 2 heterocycles. The Labute approximate surface area is 170 Å². The third-order valence-electron chi connectivity index (χ3n) is 5.13. The average molecular weight is 413 g/mol.